The third kappa shape index (κ3) is 3.30. The molecule has 0 radical (unpaired) electrons. The second kappa shape index (κ2) is 5.66. The molecule has 0 atom stereocenters. The van der Waals surface area contributed by atoms with Gasteiger partial charge in [-0.25, -0.2) is 4.39 Å². The van der Waals surface area contributed by atoms with E-state index in [-0.39, 0.29) is 5.56 Å². The molecule has 7 heteroatoms. The van der Waals surface area contributed by atoms with Crippen LogP contribution >= 0.6 is 31.9 Å². The van der Waals surface area contributed by atoms with Crippen LogP contribution in [0.1, 0.15) is 10.4 Å². The SMILES string of the molecule is Nc1cc(Br)c(NC(=O)c2cncc(F)c2)c(Br)c1. The lowest BCUT2D eigenvalue weighted by Crippen LogP contribution is -2.13. The van der Waals surface area contributed by atoms with Gasteiger partial charge in [-0.15, -0.1) is 0 Å². The maximum Gasteiger partial charge on any atom is 0.257 e. The smallest absolute Gasteiger partial charge is 0.257 e. The van der Waals surface area contributed by atoms with E-state index in [1.165, 1.54) is 6.20 Å². The molecule has 0 aliphatic rings. The van der Waals surface area contributed by atoms with Crippen molar-refractivity contribution < 1.29 is 9.18 Å². The van der Waals surface area contributed by atoms with Crippen molar-refractivity contribution in [2.24, 2.45) is 0 Å². The molecule has 1 aromatic heterocycles. The Kier molecular flexibility index (Phi) is 4.16. The summed E-state index contributed by atoms with van der Waals surface area (Å²) in [6, 6.07) is 4.43. The number of anilines is 2. The first-order valence-corrected chi connectivity index (χ1v) is 6.72. The van der Waals surface area contributed by atoms with Crippen LogP contribution in [0.25, 0.3) is 0 Å². The van der Waals surface area contributed by atoms with E-state index in [0.717, 1.165) is 12.3 Å². The van der Waals surface area contributed by atoms with Gasteiger partial charge in [-0.3, -0.25) is 9.78 Å². The van der Waals surface area contributed by atoms with Crippen molar-refractivity contribution in [2.75, 3.05) is 11.1 Å². The Labute approximate surface area is 125 Å². The number of nitrogen functional groups attached to an aromatic ring is 1. The number of nitrogens with two attached hydrogens (primary N) is 1. The molecule has 0 bridgehead atoms. The topological polar surface area (TPSA) is 68.0 Å². The maximum absolute atomic E-state index is 13.0. The molecule has 19 heavy (non-hydrogen) atoms. The highest BCUT2D eigenvalue weighted by molar-refractivity contribution is 9.11. The lowest BCUT2D eigenvalue weighted by Gasteiger charge is -2.10. The molecule has 2 rings (SSSR count). The molecule has 0 fully saturated rings. The molecule has 4 nitrogen and oxygen atoms in total. The number of nitrogens with zero attached hydrogens (tertiary/aromatic N) is 1. The number of carbonyl (C=O) groups is 1. The molecule has 0 unspecified atom stereocenters. The molecule has 0 spiro atoms. The van der Waals surface area contributed by atoms with E-state index in [4.69, 9.17) is 5.73 Å². The summed E-state index contributed by atoms with van der Waals surface area (Å²) in [7, 11) is 0. The summed E-state index contributed by atoms with van der Waals surface area (Å²) in [5, 5.41) is 2.65. The van der Waals surface area contributed by atoms with Crippen LogP contribution in [0.3, 0.4) is 0 Å². The Morgan fingerprint density at radius 1 is 1.21 bits per heavy atom. The average Bonchev–Trinajstić information content (AvgIpc) is 2.33. The Bertz CT molecular complexity index is 626. The first-order valence-electron chi connectivity index (χ1n) is 5.14. The standard InChI is InChI=1S/C12H8Br2FN3O/c13-9-2-8(16)3-10(14)11(9)18-12(19)6-1-7(15)5-17-4-6/h1-5H,16H2,(H,18,19). The minimum absolute atomic E-state index is 0.135. The zero-order valence-corrected chi connectivity index (χ0v) is 12.6. The third-order valence-electron chi connectivity index (χ3n) is 2.27. The number of rotatable bonds is 2. The van der Waals surface area contributed by atoms with Gasteiger partial charge in [0.05, 0.1) is 17.4 Å². The number of carbonyl (C=O) groups excluding carboxylic acids is 1. The number of hydrogen-bond donors (Lipinski definition) is 2. The summed E-state index contributed by atoms with van der Waals surface area (Å²) in [5.41, 5.74) is 6.86. The summed E-state index contributed by atoms with van der Waals surface area (Å²) in [6.45, 7) is 0. The second-order valence-electron chi connectivity index (χ2n) is 3.71. The summed E-state index contributed by atoms with van der Waals surface area (Å²) in [6.07, 6.45) is 2.32. The van der Waals surface area contributed by atoms with E-state index in [1.807, 2.05) is 0 Å². The molecule has 2 aromatic rings. The quantitative estimate of drug-likeness (QED) is 0.772. The molecule has 0 aliphatic carbocycles. The van der Waals surface area contributed by atoms with E-state index in [9.17, 15) is 9.18 Å². The number of halogens is 3. The van der Waals surface area contributed by atoms with Crippen molar-refractivity contribution >= 4 is 49.1 Å². The minimum Gasteiger partial charge on any atom is -0.399 e. The number of nitrogens with one attached hydrogen (secondary N) is 1. The predicted molar refractivity (Wildman–Crippen MR) is 78.4 cm³/mol. The Morgan fingerprint density at radius 3 is 2.42 bits per heavy atom. The van der Waals surface area contributed by atoms with Gasteiger partial charge in [-0.2, -0.15) is 0 Å². The van der Waals surface area contributed by atoms with Crippen LogP contribution in [0.15, 0.2) is 39.5 Å². The number of pyridine rings is 1. The molecular formula is C12H8Br2FN3O. The lowest BCUT2D eigenvalue weighted by atomic mass is 10.2. The van der Waals surface area contributed by atoms with Crippen LogP contribution in [0, 0.1) is 5.82 Å². The van der Waals surface area contributed by atoms with Crippen LogP contribution in [-0.2, 0) is 0 Å². The fourth-order valence-corrected chi connectivity index (χ4v) is 2.85. The van der Waals surface area contributed by atoms with Crippen LogP contribution in [0.2, 0.25) is 0 Å². The molecule has 0 saturated carbocycles. The van der Waals surface area contributed by atoms with Gasteiger partial charge in [-0.05, 0) is 50.1 Å². The van der Waals surface area contributed by atoms with Crippen LogP contribution < -0.4 is 11.1 Å². The number of hydrogen-bond acceptors (Lipinski definition) is 3. The molecule has 98 valence electrons. The zero-order valence-electron chi connectivity index (χ0n) is 9.45. The third-order valence-corrected chi connectivity index (χ3v) is 3.52. The molecule has 1 aromatic carbocycles. The van der Waals surface area contributed by atoms with E-state index in [1.54, 1.807) is 12.1 Å². The van der Waals surface area contributed by atoms with Gasteiger partial charge >= 0.3 is 0 Å². The van der Waals surface area contributed by atoms with E-state index in [0.29, 0.717) is 20.3 Å². The predicted octanol–water partition coefficient (Wildman–Crippen LogP) is 3.58. The number of aromatic nitrogens is 1. The van der Waals surface area contributed by atoms with E-state index >= 15 is 0 Å². The minimum atomic E-state index is -0.567. The van der Waals surface area contributed by atoms with Crippen molar-refractivity contribution in [2.45, 2.75) is 0 Å². The van der Waals surface area contributed by atoms with Gasteiger partial charge in [0.2, 0.25) is 0 Å². The average molecular weight is 389 g/mol. The maximum atomic E-state index is 13.0. The van der Waals surface area contributed by atoms with Gasteiger partial charge in [0.1, 0.15) is 5.82 Å². The first-order chi connectivity index (χ1) is 8.97. The van der Waals surface area contributed by atoms with Gasteiger partial charge in [0.25, 0.3) is 5.91 Å². The molecule has 1 heterocycles. The van der Waals surface area contributed by atoms with Crippen LogP contribution in [0.4, 0.5) is 15.8 Å². The molecule has 1 amide bonds. The van der Waals surface area contributed by atoms with E-state index < -0.39 is 11.7 Å². The van der Waals surface area contributed by atoms with Crippen molar-refractivity contribution in [3.05, 3.63) is 50.9 Å². The highest BCUT2D eigenvalue weighted by atomic mass is 79.9. The Hall–Kier alpha value is -1.47. The first kappa shape index (κ1) is 14.0. The van der Waals surface area contributed by atoms with Crippen LogP contribution in [0.5, 0.6) is 0 Å². The zero-order chi connectivity index (χ0) is 14.0. The van der Waals surface area contributed by atoms with Crippen molar-refractivity contribution in [3.63, 3.8) is 0 Å². The largest absolute Gasteiger partial charge is 0.399 e. The monoisotopic (exact) mass is 387 g/mol. The summed E-state index contributed by atoms with van der Waals surface area (Å²) >= 11 is 6.60. The van der Waals surface area contributed by atoms with Crippen molar-refractivity contribution in [1.29, 1.82) is 0 Å². The van der Waals surface area contributed by atoms with Gasteiger partial charge in [0, 0.05) is 20.8 Å². The van der Waals surface area contributed by atoms with Crippen molar-refractivity contribution in [3.8, 4) is 0 Å². The van der Waals surface area contributed by atoms with E-state index in [2.05, 4.69) is 42.2 Å². The molecule has 3 N–H and O–H groups in total. The number of benzene rings is 1. The fourth-order valence-electron chi connectivity index (χ4n) is 1.43. The Morgan fingerprint density at radius 2 is 1.84 bits per heavy atom. The summed E-state index contributed by atoms with van der Waals surface area (Å²) < 4.78 is 14.2. The molecule has 0 saturated heterocycles. The summed E-state index contributed by atoms with van der Waals surface area (Å²) in [4.78, 5) is 15.6. The molecular weight excluding hydrogens is 381 g/mol. The van der Waals surface area contributed by atoms with Gasteiger partial charge in [-0.1, -0.05) is 0 Å². The van der Waals surface area contributed by atoms with Gasteiger partial charge < -0.3 is 11.1 Å². The summed E-state index contributed by atoms with van der Waals surface area (Å²) in [5.74, 6) is -1.03. The highest BCUT2D eigenvalue weighted by Crippen LogP contribution is 2.33. The van der Waals surface area contributed by atoms with Crippen LogP contribution in [-0.4, -0.2) is 10.9 Å². The molecule has 0 aliphatic heterocycles. The van der Waals surface area contributed by atoms with Crippen molar-refractivity contribution in [1.82, 2.24) is 4.98 Å². The van der Waals surface area contributed by atoms with Gasteiger partial charge in [0.15, 0.2) is 0 Å². The fraction of sp³-hybridized carbons (Fsp3) is 0. The normalized spacial score (nSPS) is 10.3. The second-order valence-corrected chi connectivity index (χ2v) is 5.41. The lowest BCUT2D eigenvalue weighted by molar-refractivity contribution is 0.102. The highest BCUT2D eigenvalue weighted by Gasteiger charge is 2.12. The number of amides is 1. The Balaban J connectivity index is 2.29.